The Bertz CT molecular complexity index is 1670. The molecule has 0 bridgehead atoms. The smallest absolute Gasteiger partial charge is 0.334 e. The van der Waals surface area contributed by atoms with Gasteiger partial charge in [-0.2, -0.15) is 0 Å². The van der Waals surface area contributed by atoms with Gasteiger partial charge in [0.25, 0.3) is 11.8 Å². The number of ether oxygens (including phenoxy) is 4. The Balaban J connectivity index is 2.07. The van der Waals surface area contributed by atoms with Crippen LogP contribution in [-0.2, 0) is 38.4 Å². The van der Waals surface area contributed by atoms with Crippen molar-refractivity contribution in [2.24, 2.45) is 0 Å². The molecule has 2 atom stereocenters. The van der Waals surface area contributed by atoms with E-state index in [2.05, 4.69) is 10.6 Å². The van der Waals surface area contributed by atoms with Crippen molar-refractivity contribution in [3.8, 4) is 23.0 Å². The van der Waals surface area contributed by atoms with E-state index in [9.17, 15) is 38.4 Å². The summed E-state index contributed by atoms with van der Waals surface area (Å²) in [4.78, 5) is 93.0. The molecule has 0 spiro atoms. The molecule has 0 aliphatic rings. The van der Waals surface area contributed by atoms with Crippen molar-refractivity contribution in [2.75, 3.05) is 14.2 Å². The highest BCUT2D eigenvalue weighted by atomic mass is 35.5. The van der Waals surface area contributed by atoms with Crippen LogP contribution in [0.1, 0.15) is 30.4 Å². The number of esters is 2. The zero-order valence-corrected chi connectivity index (χ0v) is 30.5. The van der Waals surface area contributed by atoms with Gasteiger partial charge in [-0.1, -0.05) is 70.7 Å². The Labute approximate surface area is 320 Å². The highest BCUT2D eigenvalue weighted by Crippen LogP contribution is 2.30. The largest absolute Gasteiger partial charge is 0.493 e. The maximum atomic E-state index is 12.6. The molecule has 0 aliphatic carbocycles. The van der Waals surface area contributed by atoms with E-state index in [0.717, 1.165) is 12.2 Å². The standard InChI is InChI=1S/C33H30Cl4N2O14/c1-50-24-11-16(5-9-22(24)52-32(48)20(14-26(42)43)38-30(46)28(34)35)3-7-18(40)13-19(41)8-4-17-6-10-23(25(12-17)51-2)53-33(49)21(15-27(44)45)39-31(47)29(36)37/h3-12,20-21,28-29H,13-15H2,1-2H3,(H,38,46)(H,39,47)(H,42,43)(H,44,45)/b7-3+,8-4+/t20-,21-/m0/s1. The molecule has 0 radical (unpaired) electrons. The summed E-state index contributed by atoms with van der Waals surface area (Å²) >= 11 is 21.8. The lowest BCUT2D eigenvalue weighted by molar-refractivity contribution is -0.145. The molecule has 0 aromatic heterocycles. The number of allylic oxidation sites excluding steroid dienone is 2. The molecule has 4 N–H and O–H groups in total. The Morgan fingerprint density at radius 3 is 1.28 bits per heavy atom. The van der Waals surface area contributed by atoms with Gasteiger partial charge in [-0.25, -0.2) is 9.59 Å². The molecular formula is C33H30Cl4N2O14. The number of carboxylic acid groups (broad SMARTS) is 2. The van der Waals surface area contributed by atoms with E-state index in [4.69, 9.17) is 75.6 Å². The number of hydrogen-bond donors (Lipinski definition) is 4. The second-order valence-electron chi connectivity index (χ2n) is 10.4. The minimum absolute atomic E-state index is 0.0127. The molecule has 284 valence electrons. The van der Waals surface area contributed by atoms with Gasteiger partial charge in [0.05, 0.1) is 33.5 Å². The molecule has 2 rings (SSSR count). The van der Waals surface area contributed by atoms with Gasteiger partial charge in [0.15, 0.2) is 44.2 Å². The number of benzene rings is 2. The fraction of sp³-hybridized carbons (Fsp3) is 0.273. The van der Waals surface area contributed by atoms with E-state index in [1.54, 1.807) is 0 Å². The van der Waals surface area contributed by atoms with E-state index < -0.39 is 88.3 Å². The number of amides is 2. The van der Waals surface area contributed by atoms with Crippen LogP contribution in [0.5, 0.6) is 23.0 Å². The molecule has 0 fully saturated rings. The maximum Gasteiger partial charge on any atom is 0.334 e. The van der Waals surface area contributed by atoms with Crippen molar-refractivity contribution in [2.45, 2.75) is 41.0 Å². The molecular weight excluding hydrogens is 790 g/mol. The van der Waals surface area contributed by atoms with Crippen LogP contribution >= 0.6 is 46.4 Å². The number of halogens is 4. The van der Waals surface area contributed by atoms with E-state index in [1.165, 1.54) is 62.8 Å². The second kappa shape index (κ2) is 21.4. The lowest BCUT2D eigenvalue weighted by Gasteiger charge is -2.17. The van der Waals surface area contributed by atoms with Gasteiger partial charge in [0, 0.05) is 0 Å². The Hall–Kier alpha value is -5.16. The van der Waals surface area contributed by atoms with Gasteiger partial charge >= 0.3 is 23.9 Å². The maximum absolute atomic E-state index is 12.6. The molecule has 0 saturated carbocycles. The van der Waals surface area contributed by atoms with Crippen LogP contribution in [0.15, 0.2) is 48.6 Å². The average molecular weight is 820 g/mol. The number of nitrogens with one attached hydrogen (secondary N) is 2. The van der Waals surface area contributed by atoms with Crippen LogP contribution in [0.25, 0.3) is 12.2 Å². The summed E-state index contributed by atoms with van der Waals surface area (Å²) in [6.07, 6.45) is 2.82. The van der Waals surface area contributed by atoms with E-state index in [1.807, 2.05) is 0 Å². The van der Waals surface area contributed by atoms with Crippen molar-refractivity contribution in [1.82, 2.24) is 10.6 Å². The summed E-state index contributed by atoms with van der Waals surface area (Å²) < 4.78 is 20.9. The topological polar surface area (TPSA) is 238 Å². The minimum atomic E-state index is -1.62. The van der Waals surface area contributed by atoms with Gasteiger partial charge < -0.3 is 39.8 Å². The van der Waals surface area contributed by atoms with E-state index >= 15 is 0 Å². The van der Waals surface area contributed by atoms with E-state index in [-0.39, 0.29) is 23.0 Å². The van der Waals surface area contributed by atoms with Crippen LogP contribution < -0.4 is 29.6 Å². The number of rotatable bonds is 20. The molecule has 53 heavy (non-hydrogen) atoms. The number of hydrogen-bond acceptors (Lipinski definition) is 12. The molecule has 2 amide bonds. The number of carbonyl (C=O) groups is 8. The summed E-state index contributed by atoms with van der Waals surface area (Å²) in [5, 5.41) is 22.3. The first kappa shape index (κ1) is 44.0. The van der Waals surface area contributed by atoms with Gasteiger partial charge in [0.1, 0.15) is 12.1 Å². The third kappa shape index (κ3) is 15.2. The van der Waals surface area contributed by atoms with Gasteiger partial charge in [-0.05, 0) is 47.5 Å². The zero-order chi connectivity index (χ0) is 39.8. The number of aliphatic carboxylic acids is 2. The Kier molecular flexibility index (Phi) is 17.8. The Morgan fingerprint density at radius 2 is 0.981 bits per heavy atom. The summed E-state index contributed by atoms with van der Waals surface area (Å²) in [5.74, 6) is -8.51. The highest BCUT2D eigenvalue weighted by Gasteiger charge is 2.30. The van der Waals surface area contributed by atoms with Crippen molar-refractivity contribution >= 4 is 106 Å². The molecule has 2 aromatic rings. The van der Waals surface area contributed by atoms with Gasteiger partial charge in [-0.15, -0.1) is 0 Å². The minimum Gasteiger partial charge on any atom is -0.493 e. The summed E-state index contributed by atoms with van der Waals surface area (Å²) in [5.41, 5.74) is 0.791. The van der Waals surface area contributed by atoms with Crippen LogP contribution in [0.4, 0.5) is 0 Å². The zero-order valence-electron chi connectivity index (χ0n) is 27.5. The Morgan fingerprint density at radius 1 is 0.623 bits per heavy atom. The predicted molar refractivity (Wildman–Crippen MR) is 189 cm³/mol. The van der Waals surface area contributed by atoms with Crippen molar-refractivity contribution in [3.05, 3.63) is 59.7 Å². The first-order chi connectivity index (χ1) is 24.9. The summed E-state index contributed by atoms with van der Waals surface area (Å²) in [6.45, 7) is 0. The van der Waals surface area contributed by atoms with Crippen molar-refractivity contribution in [3.63, 3.8) is 0 Å². The molecule has 0 unspecified atom stereocenters. The number of methoxy groups -OCH3 is 2. The first-order valence-corrected chi connectivity index (χ1v) is 16.5. The molecule has 0 aliphatic heterocycles. The highest BCUT2D eigenvalue weighted by molar-refractivity contribution is 6.54. The van der Waals surface area contributed by atoms with E-state index in [0.29, 0.717) is 11.1 Å². The lowest BCUT2D eigenvalue weighted by atomic mass is 10.1. The first-order valence-electron chi connectivity index (χ1n) is 14.8. The number of carboxylic acids is 2. The SMILES string of the molecule is COc1cc(/C=C/C(=O)CC(=O)/C=C/c2ccc(OC(=O)[C@H](CC(=O)O)NC(=O)C(Cl)Cl)c(OC)c2)ccc1OC(=O)[C@H](CC(=O)O)NC(=O)C(Cl)Cl. The molecule has 16 nitrogen and oxygen atoms in total. The number of carbonyl (C=O) groups excluding carboxylic acids is 6. The molecule has 0 heterocycles. The third-order valence-electron chi connectivity index (χ3n) is 6.42. The second-order valence-corrected chi connectivity index (χ2v) is 12.6. The van der Waals surface area contributed by atoms with Crippen LogP contribution in [0, 0.1) is 0 Å². The normalized spacial score (nSPS) is 12.2. The molecule has 0 saturated heterocycles. The van der Waals surface area contributed by atoms with Gasteiger partial charge in [-0.3, -0.25) is 28.8 Å². The molecule has 2 aromatic carbocycles. The summed E-state index contributed by atoms with van der Waals surface area (Å²) in [6, 6.07) is 4.98. The molecule has 20 heteroatoms. The predicted octanol–water partition coefficient (Wildman–Crippen LogP) is 3.30. The van der Waals surface area contributed by atoms with Crippen LogP contribution in [0.3, 0.4) is 0 Å². The third-order valence-corrected chi connectivity index (χ3v) is 7.22. The monoisotopic (exact) mass is 818 g/mol. The fourth-order valence-corrected chi connectivity index (χ4v) is 4.23. The number of ketones is 2. The quantitative estimate of drug-likeness (QED) is 0.0493. The van der Waals surface area contributed by atoms with Gasteiger partial charge in [0.2, 0.25) is 0 Å². The average Bonchev–Trinajstić information content (AvgIpc) is 3.09. The van der Waals surface area contributed by atoms with Crippen LogP contribution in [-0.4, -0.2) is 93.4 Å². The van der Waals surface area contributed by atoms with Crippen molar-refractivity contribution < 1.29 is 67.5 Å². The van der Waals surface area contributed by atoms with Crippen molar-refractivity contribution in [1.29, 1.82) is 0 Å². The summed E-state index contributed by atoms with van der Waals surface area (Å²) in [7, 11) is 2.51. The van der Waals surface area contributed by atoms with Crippen LogP contribution in [0.2, 0.25) is 0 Å². The lowest BCUT2D eigenvalue weighted by Crippen LogP contribution is -2.46. The fourth-order valence-electron chi connectivity index (χ4n) is 3.98. The number of alkyl halides is 4.